The van der Waals surface area contributed by atoms with Crippen molar-refractivity contribution in [2.45, 2.75) is 19.4 Å². The zero-order valence-electron chi connectivity index (χ0n) is 16.2. The number of amides is 2. The Morgan fingerprint density at radius 2 is 2.10 bits per heavy atom. The lowest BCUT2D eigenvalue weighted by Crippen LogP contribution is -2.40. The summed E-state index contributed by atoms with van der Waals surface area (Å²) in [6, 6.07) is 3.88. The van der Waals surface area contributed by atoms with E-state index in [1.807, 2.05) is 17.5 Å². The van der Waals surface area contributed by atoms with Gasteiger partial charge in [-0.2, -0.15) is 5.10 Å². The summed E-state index contributed by atoms with van der Waals surface area (Å²) in [5.74, 6) is -0.401. The van der Waals surface area contributed by atoms with Crippen molar-refractivity contribution in [3.8, 4) is 0 Å². The van der Waals surface area contributed by atoms with Crippen LogP contribution in [0.25, 0.3) is 0 Å². The number of carbonyl (C=O) groups excluding carboxylic acids is 2. The number of aryl methyl sites for hydroxylation is 2. The minimum atomic E-state index is -0.450. The molecule has 8 nitrogen and oxygen atoms in total. The molecule has 0 unspecified atom stereocenters. The van der Waals surface area contributed by atoms with Gasteiger partial charge in [-0.3, -0.25) is 19.1 Å². The average Bonchev–Trinajstić information content (AvgIpc) is 3.34. The van der Waals surface area contributed by atoms with Crippen LogP contribution in [0.4, 0.5) is 5.69 Å². The van der Waals surface area contributed by atoms with Crippen LogP contribution < -0.4 is 10.9 Å². The third-order valence-electron chi connectivity index (χ3n) is 5.01. The summed E-state index contributed by atoms with van der Waals surface area (Å²) < 4.78 is 2.98. The zero-order valence-corrected chi connectivity index (χ0v) is 17.0. The highest BCUT2D eigenvalue weighted by Gasteiger charge is 2.27. The maximum absolute atomic E-state index is 12.9. The van der Waals surface area contributed by atoms with Crippen LogP contribution in [0.5, 0.6) is 0 Å². The predicted octanol–water partition coefficient (Wildman–Crippen LogP) is 1.56. The van der Waals surface area contributed by atoms with Gasteiger partial charge in [-0.15, -0.1) is 11.3 Å². The maximum Gasteiger partial charge on any atom is 0.263 e. The Labute approximate surface area is 171 Å². The Balaban J connectivity index is 1.59. The van der Waals surface area contributed by atoms with Crippen LogP contribution in [0.1, 0.15) is 26.4 Å². The van der Waals surface area contributed by atoms with Crippen LogP contribution in [-0.2, 0) is 38.3 Å². The molecule has 2 amide bonds. The van der Waals surface area contributed by atoms with Crippen molar-refractivity contribution < 1.29 is 9.59 Å². The summed E-state index contributed by atoms with van der Waals surface area (Å²) in [5.41, 5.74) is 1.87. The number of fused-ring (bicyclic) bond motifs is 1. The second-order valence-electron chi connectivity index (χ2n) is 7.10. The van der Waals surface area contributed by atoms with Gasteiger partial charge in [0.2, 0.25) is 5.91 Å². The van der Waals surface area contributed by atoms with Crippen LogP contribution >= 0.6 is 11.3 Å². The molecule has 29 heavy (non-hydrogen) atoms. The molecule has 4 rings (SSSR count). The van der Waals surface area contributed by atoms with Gasteiger partial charge in [0.1, 0.15) is 5.56 Å². The number of rotatable bonds is 4. The Hall–Kier alpha value is -3.20. The summed E-state index contributed by atoms with van der Waals surface area (Å²) in [4.78, 5) is 41.0. The Bertz CT molecular complexity index is 1130. The smallest absolute Gasteiger partial charge is 0.263 e. The molecule has 0 radical (unpaired) electrons. The van der Waals surface area contributed by atoms with Gasteiger partial charge in [0.25, 0.3) is 11.5 Å². The van der Waals surface area contributed by atoms with Crippen LogP contribution in [0.15, 0.2) is 40.9 Å². The first-order chi connectivity index (χ1) is 13.9. The van der Waals surface area contributed by atoms with Crippen molar-refractivity contribution >= 4 is 28.8 Å². The van der Waals surface area contributed by atoms with Gasteiger partial charge in [0, 0.05) is 44.5 Å². The lowest BCUT2D eigenvalue weighted by Gasteiger charge is -2.30. The summed E-state index contributed by atoms with van der Waals surface area (Å²) in [6.07, 6.45) is 5.76. The number of nitrogens with zero attached hydrogens (tertiary/aromatic N) is 4. The third-order valence-corrected chi connectivity index (χ3v) is 5.89. The first kappa shape index (κ1) is 19.1. The van der Waals surface area contributed by atoms with E-state index < -0.39 is 5.91 Å². The number of thiophene rings is 1. The van der Waals surface area contributed by atoms with E-state index >= 15 is 0 Å². The van der Waals surface area contributed by atoms with Gasteiger partial charge in [-0.25, -0.2) is 0 Å². The second kappa shape index (κ2) is 7.67. The lowest BCUT2D eigenvalue weighted by molar-refractivity contribution is -0.131. The number of nitrogens with one attached hydrogen (secondary N) is 1. The van der Waals surface area contributed by atoms with Crippen molar-refractivity contribution in [1.29, 1.82) is 0 Å². The van der Waals surface area contributed by atoms with Gasteiger partial charge in [0.15, 0.2) is 0 Å². The summed E-state index contributed by atoms with van der Waals surface area (Å²) in [5, 5.41) is 8.73. The normalized spacial score (nSPS) is 13.2. The Kier molecular flexibility index (Phi) is 5.06. The quantitative estimate of drug-likeness (QED) is 0.706. The van der Waals surface area contributed by atoms with Crippen molar-refractivity contribution in [3.63, 3.8) is 0 Å². The largest absolute Gasteiger partial charge is 0.338 e. The highest BCUT2D eigenvalue weighted by molar-refractivity contribution is 7.10. The van der Waals surface area contributed by atoms with E-state index in [4.69, 9.17) is 0 Å². The molecule has 0 atom stereocenters. The van der Waals surface area contributed by atoms with Crippen molar-refractivity contribution in [3.05, 3.63) is 68.0 Å². The summed E-state index contributed by atoms with van der Waals surface area (Å²) in [6.45, 7) is 0.873. The molecule has 0 bridgehead atoms. The number of pyridine rings is 1. The highest BCUT2D eigenvalue weighted by atomic mass is 32.1. The maximum atomic E-state index is 12.9. The molecule has 3 aromatic heterocycles. The number of carbonyl (C=O) groups is 2. The van der Waals surface area contributed by atoms with E-state index in [-0.39, 0.29) is 17.0 Å². The van der Waals surface area contributed by atoms with E-state index in [2.05, 4.69) is 10.4 Å². The SMILES string of the molecule is Cn1cc(NC(=O)c2c3c(cn(C)c2=O)CN(C(=O)Cc2cccs2)CC3)cn1. The zero-order chi connectivity index (χ0) is 20.5. The van der Waals surface area contributed by atoms with Gasteiger partial charge < -0.3 is 14.8 Å². The lowest BCUT2D eigenvalue weighted by atomic mass is 9.96. The Morgan fingerprint density at radius 3 is 2.79 bits per heavy atom. The minimum absolute atomic E-state index is 0.0494. The number of aromatic nitrogens is 3. The number of hydrogen-bond acceptors (Lipinski definition) is 5. The van der Waals surface area contributed by atoms with Crippen molar-refractivity contribution in [2.24, 2.45) is 14.1 Å². The first-order valence-electron chi connectivity index (χ1n) is 9.24. The topological polar surface area (TPSA) is 89.2 Å². The molecule has 0 spiro atoms. The molecule has 0 aliphatic carbocycles. The third kappa shape index (κ3) is 3.86. The molecule has 4 heterocycles. The molecule has 0 saturated carbocycles. The molecule has 9 heteroatoms. The minimum Gasteiger partial charge on any atom is -0.338 e. The standard InChI is InChI=1S/C20H21N5O3S/c1-23-10-13-11-25(17(26)8-15-4-3-7-29-15)6-5-16(13)18(20(23)28)19(27)22-14-9-21-24(2)12-14/h3-4,7,9-10,12H,5-6,8,11H2,1-2H3,(H,22,27). The fourth-order valence-corrected chi connectivity index (χ4v) is 4.29. The molecule has 0 aromatic carbocycles. The van der Waals surface area contributed by atoms with E-state index in [9.17, 15) is 14.4 Å². The molecular formula is C20H21N5O3S. The van der Waals surface area contributed by atoms with Gasteiger partial charge in [-0.1, -0.05) is 6.07 Å². The van der Waals surface area contributed by atoms with E-state index in [0.29, 0.717) is 31.6 Å². The first-order valence-corrected chi connectivity index (χ1v) is 10.1. The molecule has 150 valence electrons. The van der Waals surface area contributed by atoms with E-state index in [1.54, 1.807) is 47.4 Å². The molecular weight excluding hydrogens is 390 g/mol. The summed E-state index contributed by atoms with van der Waals surface area (Å²) in [7, 11) is 3.37. The molecule has 1 N–H and O–H groups in total. The number of hydrogen-bond donors (Lipinski definition) is 1. The second-order valence-corrected chi connectivity index (χ2v) is 8.13. The number of anilines is 1. The predicted molar refractivity (Wildman–Crippen MR) is 110 cm³/mol. The highest BCUT2D eigenvalue weighted by Crippen LogP contribution is 2.22. The molecule has 0 saturated heterocycles. The van der Waals surface area contributed by atoms with Crippen LogP contribution in [0.2, 0.25) is 0 Å². The Morgan fingerprint density at radius 1 is 1.28 bits per heavy atom. The molecule has 1 aliphatic rings. The average molecular weight is 411 g/mol. The molecule has 3 aromatic rings. The van der Waals surface area contributed by atoms with Crippen LogP contribution in [-0.4, -0.2) is 37.6 Å². The van der Waals surface area contributed by atoms with Crippen molar-refractivity contribution in [1.82, 2.24) is 19.2 Å². The molecule has 0 fully saturated rings. The fourth-order valence-electron chi connectivity index (χ4n) is 3.59. The fraction of sp³-hybridized carbons (Fsp3) is 0.300. The summed E-state index contributed by atoms with van der Waals surface area (Å²) >= 11 is 1.56. The van der Waals surface area contributed by atoms with Gasteiger partial charge >= 0.3 is 0 Å². The monoisotopic (exact) mass is 411 g/mol. The molecule has 1 aliphatic heterocycles. The van der Waals surface area contributed by atoms with Gasteiger partial charge in [-0.05, 0) is 29.0 Å². The van der Waals surface area contributed by atoms with E-state index in [0.717, 1.165) is 16.0 Å². The van der Waals surface area contributed by atoms with Crippen molar-refractivity contribution in [2.75, 3.05) is 11.9 Å². The van der Waals surface area contributed by atoms with Gasteiger partial charge in [0.05, 0.1) is 18.3 Å². The van der Waals surface area contributed by atoms with Crippen LogP contribution in [0.3, 0.4) is 0 Å². The van der Waals surface area contributed by atoms with E-state index in [1.165, 1.54) is 10.8 Å². The van der Waals surface area contributed by atoms with Crippen LogP contribution in [0, 0.1) is 0 Å².